The lowest BCUT2D eigenvalue weighted by Crippen LogP contribution is -2.57. The van der Waals surface area contributed by atoms with Gasteiger partial charge in [-0.2, -0.15) is 0 Å². The molecule has 0 aliphatic carbocycles. The summed E-state index contributed by atoms with van der Waals surface area (Å²) in [6.07, 6.45) is 0.310. The molecule has 0 atom stereocenters. The number of halogens is 1. The van der Waals surface area contributed by atoms with Crippen molar-refractivity contribution in [1.82, 2.24) is 5.32 Å². The van der Waals surface area contributed by atoms with Gasteiger partial charge in [0.1, 0.15) is 17.0 Å². The molecular weight excluding hydrogens is 389 g/mol. The molecule has 168 valence electrons. The third-order valence-electron chi connectivity index (χ3n) is 4.70. The Hall–Kier alpha value is -2.51. The molecule has 7 nitrogen and oxygen atoms in total. The standard InChI is InChI=1S/C22H34FN3O4/c1-20(2,3)29-18(27)14-22(25-19(28)30-21(4,5)6)9-11-26(12-10-22)17-8-7-15(24)13-16(17)23/h7-8,13H,9-12,14,24H2,1-6H3,(H,25,28). The third kappa shape index (κ3) is 7.07. The summed E-state index contributed by atoms with van der Waals surface area (Å²) in [6.45, 7) is 11.6. The Balaban J connectivity index is 2.16. The van der Waals surface area contributed by atoms with E-state index in [1.165, 1.54) is 6.07 Å². The topological polar surface area (TPSA) is 93.9 Å². The Labute approximate surface area is 178 Å². The van der Waals surface area contributed by atoms with Crippen LogP contribution in [-0.2, 0) is 14.3 Å². The first-order chi connectivity index (χ1) is 13.7. The molecule has 0 spiro atoms. The van der Waals surface area contributed by atoms with Gasteiger partial charge >= 0.3 is 12.1 Å². The summed E-state index contributed by atoms with van der Waals surface area (Å²) in [4.78, 5) is 26.9. The number of esters is 1. The largest absolute Gasteiger partial charge is 0.460 e. The molecule has 0 aromatic heterocycles. The van der Waals surface area contributed by atoms with E-state index in [0.29, 0.717) is 37.3 Å². The van der Waals surface area contributed by atoms with Crippen molar-refractivity contribution >= 4 is 23.4 Å². The molecule has 1 aromatic rings. The second-order valence-corrected chi connectivity index (χ2v) is 9.87. The fraction of sp³-hybridized carbons (Fsp3) is 0.636. The Kier molecular flexibility index (Phi) is 6.89. The predicted octanol–water partition coefficient (Wildman–Crippen LogP) is 4.00. The van der Waals surface area contributed by atoms with Gasteiger partial charge in [-0.3, -0.25) is 4.79 Å². The van der Waals surface area contributed by atoms with Gasteiger partial charge in [-0.1, -0.05) is 0 Å². The van der Waals surface area contributed by atoms with Gasteiger partial charge in [-0.05, 0) is 72.6 Å². The number of benzene rings is 1. The predicted molar refractivity (Wildman–Crippen MR) is 115 cm³/mol. The zero-order valence-corrected chi connectivity index (χ0v) is 18.8. The number of alkyl carbamates (subject to hydrolysis) is 1. The van der Waals surface area contributed by atoms with E-state index in [0.717, 1.165) is 0 Å². The fourth-order valence-corrected chi connectivity index (χ4v) is 3.48. The fourth-order valence-electron chi connectivity index (χ4n) is 3.48. The molecule has 3 N–H and O–H groups in total. The SMILES string of the molecule is CC(C)(C)OC(=O)CC1(NC(=O)OC(C)(C)C)CCN(c2ccc(N)cc2F)CC1. The van der Waals surface area contributed by atoms with E-state index in [9.17, 15) is 14.0 Å². The first kappa shape index (κ1) is 23.8. The molecule has 1 aromatic carbocycles. The summed E-state index contributed by atoms with van der Waals surface area (Å²) in [5, 5.41) is 2.90. The van der Waals surface area contributed by atoms with Crippen LogP contribution in [0, 0.1) is 5.82 Å². The average molecular weight is 424 g/mol. The Morgan fingerprint density at radius 3 is 2.17 bits per heavy atom. The van der Waals surface area contributed by atoms with Crippen LogP contribution in [0.4, 0.5) is 20.6 Å². The van der Waals surface area contributed by atoms with Crippen LogP contribution in [0.25, 0.3) is 0 Å². The van der Waals surface area contributed by atoms with Crippen molar-refractivity contribution < 1.29 is 23.5 Å². The number of rotatable bonds is 4. The maximum atomic E-state index is 14.3. The van der Waals surface area contributed by atoms with E-state index in [2.05, 4.69) is 5.32 Å². The zero-order chi connectivity index (χ0) is 22.7. The van der Waals surface area contributed by atoms with Crippen LogP contribution < -0.4 is 16.0 Å². The molecule has 0 bridgehead atoms. The lowest BCUT2D eigenvalue weighted by atomic mass is 9.84. The molecular formula is C22H34FN3O4. The number of hydrogen-bond donors (Lipinski definition) is 2. The van der Waals surface area contributed by atoms with Crippen molar-refractivity contribution in [2.45, 2.75) is 77.5 Å². The highest BCUT2D eigenvalue weighted by Gasteiger charge is 2.40. The lowest BCUT2D eigenvalue weighted by Gasteiger charge is -2.43. The number of hydrogen-bond acceptors (Lipinski definition) is 6. The summed E-state index contributed by atoms with van der Waals surface area (Å²) in [5.74, 6) is -0.791. The summed E-state index contributed by atoms with van der Waals surface area (Å²) in [5.41, 5.74) is 4.33. The van der Waals surface area contributed by atoms with Gasteiger partial charge in [0, 0.05) is 18.8 Å². The van der Waals surface area contributed by atoms with Crippen molar-refractivity contribution in [2.24, 2.45) is 0 Å². The van der Waals surface area contributed by atoms with E-state index in [4.69, 9.17) is 15.2 Å². The Bertz CT molecular complexity index is 744. The van der Waals surface area contributed by atoms with E-state index in [1.807, 2.05) is 4.90 Å². The maximum Gasteiger partial charge on any atom is 0.408 e. The molecule has 0 saturated carbocycles. The first-order valence-corrected chi connectivity index (χ1v) is 10.2. The van der Waals surface area contributed by atoms with Crippen molar-refractivity contribution in [3.63, 3.8) is 0 Å². The quantitative estimate of drug-likeness (QED) is 0.562. The smallest absolute Gasteiger partial charge is 0.408 e. The number of nitrogen functional groups attached to an aromatic ring is 1. The van der Waals surface area contributed by atoms with Crippen LogP contribution in [0.3, 0.4) is 0 Å². The summed E-state index contributed by atoms with van der Waals surface area (Å²) in [6, 6.07) is 4.59. The van der Waals surface area contributed by atoms with Crippen molar-refractivity contribution in [2.75, 3.05) is 23.7 Å². The molecule has 1 aliphatic heterocycles. The minimum absolute atomic E-state index is 0.0154. The van der Waals surface area contributed by atoms with Crippen LogP contribution in [0.2, 0.25) is 0 Å². The normalized spacial score (nSPS) is 16.7. The highest BCUT2D eigenvalue weighted by Crippen LogP contribution is 2.32. The minimum Gasteiger partial charge on any atom is -0.460 e. The number of nitrogens with one attached hydrogen (secondary N) is 1. The molecule has 30 heavy (non-hydrogen) atoms. The highest BCUT2D eigenvalue weighted by molar-refractivity contribution is 5.74. The van der Waals surface area contributed by atoms with Crippen LogP contribution in [-0.4, -0.2) is 41.9 Å². The summed E-state index contributed by atoms with van der Waals surface area (Å²) in [7, 11) is 0. The molecule has 1 saturated heterocycles. The van der Waals surface area contributed by atoms with Gasteiger partial charge in [0.2, 0.25) is 0 Å². The van der Waals surface area contributed by atoms with E-state index < -0.39 is 34.6 Å². The number of nitrogens with zero attached hydrogens (tertiary/aromatic N) is 1. The van der Waals surface area contributed by atoms with Gasteiger partial charge in [0.05, 0.1) is 17.6 Å². The highest BCUT2D eigenvalue weighted by atomic mass is 19.1. The molecule has 0 unspecified atom stereocenters. The number of piperidine rings is 1. The van der Waals surface area contributed by atoms with Crippen LogP contribution in [0.15, 0.2) is 18.2 Å². The van der Waals surface area contributed by atoms with Crippen LogP contribution in [0.1, 0.15) is 60.8 Å². The zero-order valence-electron chi connectivity index (χ0n) is 18.8. The Morgan fingerprint density at radius 1 is 1.10 bits per heavy atom. The molecule has 1 aliphatic rings. The Morgan fingerprint density at radius 2 is 1.67 bits per heavy atom. The summed E-state index contributed by atoms with van der Waals surface area (Å²) < 4.78 is 25.2. The second kappa shape index (κ2) is 8.70. The second-order valence-electron chi connectivity index (χ2n) is 9.87. The molecule has 1 heterocycles. The average Bonchev–Trinajstić information content (AvgIpc) is 2.52. The van der Waals surface area contributed by atoms with Crippen molar-refractivity contribution in [3.8, 4) is 0 Å². The van der Waals surface area contributed by atoms with E-state index >= 15 is 0 Å². The van der Waals surface area contributed by atoms with Crippen LogP contribution >= 0.6 is 0 Å². The van der Waals surface area contributed by atoms with Gasteiger partial charge in [-0.25, -0.2) is 9.18 Å². The molecule has 1 amide bonds. The number of amides is 1. The molecule has 8 heteroatoms. The van der Waals surface area contributed by atoms with Crippen molar-refractivity contribution in [3.05, 3.63) is 24.0 Å². The summed E-state index contributed by atoms with van der Waals surface area (Å²) >= 11 is 0. The number of ether oxygens (including phenoxy) is 2. The third-order valence-corrected chi connectivity index (χ3v) is 4.70. The van der Waals surface area contributed by atoms with E-state index in [-0.39, 0.29) is 6.42 Å². The lowest BCUT2D eigenvalue weighted by molar-refractivity contribution is -0.156. The number of carbonyl (C=O) groups is 2. The van der Waals surface area contributed by atoms with Gasteiger partial charge < -0.3 is 25.4 Å². The molecule has 0 radical (unpaired) electrons. The minimum atomic E-state index is -0.828. The number of carbonyl (C=O) groups excluding carboxylic acids is 2. The van der Waals surface area contributed by atoms with Gasteiger partial charge in [0.15, 0.2) is 0 Å². The number of anilines is 2. The molecule has 2 rings (SSSR count). The molecule has 1 fully saturated rings. The van der Waals surface area contributed by atoms with E-state index in [1.54, 1.807) is 53.7 Å². The van der Waals surface area contributed by atoms with Gasteiger partial charge in [-0.15, -0.1) is 0 Å². The monoisotopic (exact) mass is 423 g/mol. The van der Waals surface area contributed by atoms with Crippen LogP contribution in [0.5, 0.6) is 0 Å². The first-order valence-electron chi connectivity index (χ1n) is 10.2. The maximum absolute atomic E-state index is 14.3. The number of nitrogens with two attached hydrogens (primary N) is 1. The van der Waals surface area contributed by atoms with Crippen molar-refractivity contribution in [1.29, 1.82) is 0 Å². The van der Waals surface area contributed by atoms with Gasteiger partial charge in [0.25, 0.3) is 0 Å².